The minimum Gasteiger partial charge on any atom is -0.497 e. The van der Waals surface area contributed by atoms with E-state index in [2.05, 4.69) is 44.0 Å². The number of methoxy groups -OCH3 is 4. The van der Waals surface area contributed by atoms with E-state index in [-0.39, 0.29) is 65.1 Å². The lowest BCUT2D eigenvalue weighted by Gasteiger charge is -2.25. The molecule has 0 saturated heterocycles. The van der Waals surface area contributed by atoms with Gasteiger partial charge >= 0.3 is 47.8 Å². The molecule has 2 fully saturated rings. The molecule has 654 valence electrons. The molecule has 2 saturated carbocycles. The van der Waals surface area contributed by atoms with Crippen molar-refractivity contribution < 1.29 is 119 Å². The standard InChI is InChI=1S/C36H39NO7S.C17H22O5.C16H22O4.C14H18O4.C12H12O5/c1-4-6-24-7-5-8-27-19-30(42-32(24)27)34-37-31-28(43-35(40)25-13-9-22(10-14-25)20(2)38)17-18-29(33(31)45-34)44-36(41)26-15-11-23(12-16-26)21(3)39;1-3-16(18)21-12-6-4-5-7-13-22-17(19)14-8-10-15(20-2)11-9-14;1-3-16(17)20-13-7-5-4-6-12-19-15-10-8-14(18-2)9-11-15;1-3-14(15)18-11-5-4-10-17-13-8-6-12(16-2)7-9-13;1-3-11(13)16-8-17-12(14)9-4-6-10(15-2)7-5-9/h5,7-8,17-19,22-23,25-26H,4,6,9-16H2,1-3H3;3,8-11H,1,4-7,12-13H2,2H3;3,8-11H,1,4-7,12-13H2,2H3;3,6-9H,1,4-5,10-11H2,2H3;3-7H,1,8H2,2H3. The van der Waals surface area contributed by atoms with Crippen LogP contribution in [0.25, 0.3) is 32.0 Å². The highest BCUT2D eigenvalue weighted by Crippen LogP contribution is 2.44. The number of nitrogens with zero attached hydrogens (tertiary/aromatic N) is 1. The lowest BCUT2D eigenvalue weighted by molar-refractivity contribution is -0.146. The third-order valence-corrected chi connectivity index (χ3v) is 20.6. The third-order valence-electron chi connectivity index (χ3n) is 19.5. The smallest absolute Gasteiger partial charge is 0.341 e. The number of carbonyl (C=O) groups excluding carboxylic acids is 10. The first kappa shape index (κ1) is 98.4. The summed E-state index contributed by atoms with van der Waals surface area (Å²) in [6.45, 7) is 21.0. The number of hydrogen-bond acceptors (Lipinski definition) is 27. The van der Waals surface area contributed by atoms with Gasteiger partial charge in [0.1, 0.15) is 61.9 Å². The number of ketones is 2. The van der Waals surface area contributed by atoms with Crippen molar-refractivity contribution in [3.8, 4) is 56.8 Å². The van der Waals surface area contributed by atoms with Gasteiger partial charge in [0.15, 0.2) is 22.3 Å². The zero-order valence-corrected chi connectivity index (χ0v) is 71.6. The molecule has 0 aliphatic heterocycles. The van der Waals surface area contributed by atoms with Crippen LogP contribution in [0.1, 0.15) is 169 Å². The summed E-state index contributed by atoms with van der Waals surface area (Å²) in [4.78, 5) is 121. The second-order valence-corrected chi connectivity index (χ2v) is 29.1. The lowest BCUT2D eigenvalue weighted by atomic mass is 9.80. The number of benzene rings is 6. The molecule has 26 nitrogen and oxygen atoms in total. The Kier molecular flexibility index (Phi) is 44.7. The normalized spacial score (nSPS) is 14.2. The Bertz CT molecular complexity index is 4560. The first-order chi connectivity index (χ1) is 59.1. The zero-order chi connectivity index (χ0) is 88.4. The Morgan fingerprint density at radius 2 is 0.779 bits per heavy atom. The largest absolute Gasteiger partial charge is 0.497 e. The first-order valence-corrected chi connectivity index (χ1v) is 41.6. The fraction of sp³-hybridized carbons (Fsp3) is 0.400. The number of hydrogen-bond donors (Lipinski definition) is 0. The number of Topliss-reactive ketones (excluding diaryl/α,β-unsaturated/α-hetero) is 2. The predicted octanol–water partition coefficient (Wildman–Crippen LogP) is 18.9. The van der Waals surface area contributed by atoms with E-state index in [1.54, 1.807) is 95.8 Å². The quantitative estimate of drug-likeness (QED) is 0.00856. The highest BCUT2D eigenvalue weighted by atomic mass is 32.1. The summed E-state index contributed by atoms with van der Waals surface area (Å²) < 4.78 is 79.1. The van der Waals surface area contributed by atoms with Gasteiger partial charge in [0.2, 0.25) is 6.79 Å². The van der Waals surface area contributed by atoms with Gasteiger partial charge in [-0.25, -0.2) is 33.8 Å². The predicted molar refractivity (Wildman–Crippen MR) is 462 cm³/mol. The molecule has 27 heteroatoms. The van der Waals surface area contributed by atoms with Crippen molar-refractivity contribution in [2.75, 3.05) is 74.9 Å². The van der Waals surface area contributed by atoms with Crippen LogP contribution < -0.4 is 37.9 Å². The molecule has 2 heterocycles. The lowest BCUT2D eigenvalue weighted by Crippen LogP contribution is -2.28. The van der Waals surface area contributed by atoms with Crippen molar-refractivity contribution in [3.63, 3.8) is 0 Å². The van der Waals surface area contributed by atoms with E-state index >= 15 is 0 Å². The molecule has 2 aliphatic carbocycles. The maximum Gasteiger partial charge on any atom is 0.341 e. The Morgan fingerprint density at radius 1 is 0.418 bits per heavy atom. The topological polar surface area (TPSA) is 326 Å². The van der Waals surface area contributed by atoms with Crippen molar-refractivity contribution in [1.29, 1.82) is 0 Å². The number of para-hydroxylation sites is 1. The summed E-state index contributed by atoms with van der Waals surface area (Å²) in [5.74, 6) is 2.32. The molecule has 122 heavy (non-hydrogen) atoms. The number of ether oxygens (including phenoxy) is 14. The van der Waals surface area contributed by atoms with E-state index < -0.39 is 24.7 Å². The Hall–Kier alpha value is -12.4. The van der Waals surface area contributed by atoms with Crippen LogP contribution in [0.5, 0.6) is 46.0 Å². The molecule has 6 aromatic carbocycles. The van der Waals surface area contributed by atoms with Crippen LogP contribution in [0.2, 0.25) is 0 Å². The minimum absolute atomic E-state index is 0.00925. The van der Waals surface area contributed by atoms with Gasteiger partial charge in [0, 0.05) is 41.5 Å². The summed E-state index contributed by atoms with van der Waals surface area (Å²) >= 11 is 1.33. The maximum atomic E-state index is 13.3. The van der Waals surface area contributed by atoms with Crippen LogP contribution in [-0.4, -0.2) is 139 Å². The van der Waals surface area contributed by atoms with Crippen LogP contribution in [-0.2, 0) is 73.2 Å². The average molecular weight is 1700 g/mol. The van der Waals surface area contributed by atoms with Crippen molar-refractivity contribution in [3.05, 3.63) is 201 Å². The van der Waals surface area contributed by atoms with Crippen molar-refractivity contribution in [2.24, 2.45) is 23.7 Å². The molecule has 0 amide bonds. The second-order valence-electron chi connectivity index (χ2n) is 28.1. The highest BCUT2D eigenvalue weighted by molar-refractivity contribution is 7.22. The van der Waals surface area contributed by atoms with Gasteiger partial charge in [-0.15, -0.1) is 11.3 Å². The monoisotopic (exact) mass is 1700 g/mol. The maximum absolute atomic E-state index is 13.3. The molecule has 0 N–H and O–H groups in total. The van der Waals surface area contributed by atoms with E-state index in [0.29, 0.717) is 146 Å². The zero-order valence-electron chi connectivity index (χ0n) is 70.8. The fourth-order valence-electron chi connectivity index (χ4n) is 12.5. The Morgan fingerprint density at radius 3 is 1.20 bits per heavy atom. The summed E-state index contributed by atoms with van der Waals surface area (Å²) in [5, 5.41) is 1.57. The van der Waals surface area contributed by atoms with E-state index in [4.69, 9.17) is 71.0 Å². The van der Waals surface area contributed by atoms with Crippen LogP contribution in [0, 0.1) is 23.7 Å². The molecular weight excluding hydrogens is 1590 g/mol. The van der Waals surface area contributed by atoms with Gasteiger partial charge in [-0.2, -0.15) is 0 Å². The molecule has 2 aliphatic rings. The van der Waals surface area contributed by atoms with E-state index in [9.17, 15) is 47.9 Å². The number of carbonyl (C=O) groups is 10. The highest BCUT2D eigenvalue weighted by Gasteiger charge is 2.33. The molecular formula is C95H113NO25S. The third kappa shape index (κ3) is 35.1. The molecule has 8 aromatic rings. The van der Waals surface area contributed by atoms with Crippen LogP contribution in [0.3, 0.4) is 0 Å². The van der Waals surface area contributed by atoms with Gasteiger partial charge in [0.05, 0.1) is 91.0 Å². The number of furan rings is 1. The second kappa shape index (κ2) is 55.4. The summed E-state index contributed by atoms with van der Waals surface area (Å²) in [5.41, 5.74) is 3.25. The number of unbranched alkanes of at least 4 members (excludes halogenated alkanes) is 7. The van der Waals surface area contributed by atoms with E-state index in [1.807, 2.05) is 66.7 Å². The number of esters is 8. The molecule has 10 rings (SSSR count). The summed E-state index contributed by atoms with van der Waals surface area (Å²) in [7, 11) is 6.37. The van der Waals surface area contributed by atoms with Gasteiger partial charge in [0.25, 0.3) is 0 Å². The van der Waals surface area contributed by atoms with E-state index in [0.717, 1.165) is 135 Å². The summed E-state index contributed by atoms with van der Waals surface area (Å²) in [6.07, 6.45) is 20.5. The number of thiazole rings is 1. The van der Waals surface area contributed by atoms with Crippen LogP contribution in [0.15, 0.2) is 188 Å². The van der Waals surface area contributed by atoms with Crippen molar-refractivity contribution in [1.82, 2.24) is 4.98 Å². The van der Waals surface area contributed by atoms with Crippen molar-refractivity contribution in [2.45, 2.75) is 149 Å². The van der Waals surface area contributed by atoms with Crippen LogP contribution >= 0.6 is 11.3 Å². The van der Waals surface area contributed by atoms with Crippen molar-refractivity contribution >= 4 is 91.8 Å². The number of aromatic nitrogens is 1. The number of aryl methyl sites for hydroxylation is 1. The molecule has 0 unspecified atom stereocenters. The number of rotatable bonds is 42. The summed E-state index contributed by atoms with van der Waals surface area (Å²) in [6, 6.07) is 39.5. The van der Waals surface area contributed by atoms with Crippen LogP contribution in [0.4, 0.5) is 0 Å². The van der Waals surface area contributed by atoms with Gasteiger partial charge < -0.3 is 70.7 Å². The molecule has 0 atom stereocenters. The molecule has 0 bridgehead atoms. The molecule has 0 radical (unpaired) electrons. The van der Waals surface area contributed by atoms with Gasteiger partial charge in [-0.05, 0) is 257 Å². The SMILES string of the molecule is C=CC(=O)OCCCCCCOC(=O)c1ccc(OC)cc1.C=CC(=O)OCCCCCCOc1ccc(OC)cc1.C=CC(=O)OCCCCOc1ccc(OC)cc1.C=CC(=O)OCOC(=O)c1ccc(OC)cc1.CCCc1cccc2cc(-c3nc4c(OC(=O)C5CCC(C(C)=O)CC5)ccc(OC(=O)C5CCC(C(C)=O)CC5)c4s3)oc12. The molecule has 2 aromatic heterocycles. The number of fused-ring (bicyclic) bond motifs is 2. The molecule has 0 spiro atoms. The average Bonchev–Trinajstić information content (AvgIpc) is 1.61. The first-order valence-electron chi connectivity index (χ1n) is 40.8. The Labute approximate surface area is 717 Å². The van der Waals surface area contributed by atoms with Gasteiger partial charge in [-0.1, -0.05) is 57.9 Å². The fourth-order valence-corrected chi connectivity index (χ4v) is 13.5. The van der Waals surface area contributed by atoms with Gasteiger partial charge in [-0.3, -0.25) is 19.2 Å². The Balaban J connectivity index is 0.000000254. The minimum atomic E-state index is -0.646. The van der Waals surface area contributed by atoms with E-state index in [1.165, 1.54) is 24.5 Å².